The molecule has 1 amide bonds. The van der Waals surface area contributed by atoms with Crippen LogP contribution in [0.1, 0.15) is 25.3 Å². The van der Waals surface area contributed by atoms with E-state index < -0.39 is 12.2 Å². The summed E-state index contributed by atoms with van der Waals surface area (Å²) >= 11 is 0. The highest BCUT2D eigenvalue weighted by Gasteiger charge is 2.21. The molecule has 90 valence electrons. The fourth-order valence-corrected chi connectivity index (χ4v) is 1.39. The second-order valence-corrected chi connectivity index (χ2v) is 3.68. The summed E-state index contributed by atoms with van der Waals surface area (Å²) in [7, 11) is 1.74. The highest BCUT2D eigenvalue weighted by molar-refractivity contribution is 5.72. The quantitative estimate of drug-likeness (QED) is 0.623. The van der Waals surface area contributed by atoms with Crippen LogP contribution < -0.4 is 5.32 Å². The van der Waals surface area contributed by atoms with Gasteiger partial charge in [0.05, 0.1) is 6.10 Å². The summed E-state index contributed by atoms with van der Waals surface area (Å²) in [5.41, 5.74) is 0. The molecule has 1 aromatic heterocycles. The lowest BCUT2D eigenvalue weighted by Gasteiger charge is -2.17. The number of aromatic nitrogens is 2. The number of nitrogens with zero attached hydrogens (tertiary/aromatic N) is 2. The molecule has 2 unspecified atom stereocenters. The predicted molar refractivity (Wildman–Crippen MR) is 57.5 cm³/mol. The highest BCUT2D eigenvalue weighted by atomic mass is 16.3. The van der Waals surface area contributed by atoms with Gasteiger partial charge in [0.15, 0.2) is 0 Å². The Morgan fingerprint density at radius 3 is 2.81 bits per heavy atom. The molecule has 0 aliphatic heterocycles. The minimum atomic E-state index is -1.03. The second-order valence-electron chi connectivity index (χ2n) is 3.68. The number of aryl methyl sites for hydroxylation is 1. The van der Waals surface area contributed by atoms with E-state index in [2.05, 4.69) is 10.3 Å². The van der Waals surface area contributed by atoms with E-state index in [1.54, 1.807) is 24.0 Å². The molecule has 0 saturated carbocycles. The Bertz CT molecular complexity index is 351. The molecule has 0 bridgehead atoms. The maximum absolute atomic E-state index is 10.6. The molecular weight excluding hydrogens is 210 g/mol. The third-order valence-electron chi connectivity index (χ3n) is 2.30. The van der Waals surface area contributed by atoms with Gasteiger partial charge in [-0.25, -0.2) is 4.98 Å². The van der Waals surface area contributed by atoms with Gasteiger partial charge in [-0.1, -0.05) is 0 Å². The zero-order chi connectivity index (χ0) is 12.1. The van der Waals surface area contributed by atoms with E-state index in [0.717, 1.165) is 0 Å². The molecule has 1 rings (SSSR count). The third-order valence-corrected chi connectivity index (χ3v) is 2.30. The number of hydrogen-bond acceptors (Lipinski definition) is 4. The molecule has 0 aromatic carbocycles. The van der Waals surface area contributed by atoms with Gasteiger partial charge in [-0.3, -0.25) is 4.79 Å². The number of carbonyl (C=O) groups is 1. The topological polar surface area (TPSA) is 87.4 Å². The predicted octanol–water partition coefficient (Wildman–Crippen LogP) is -0.659. The number of nitrogens with one attached hydrogen (secondary N) is 1. The molecule has 0 saturated heterocycles. The molecule has 1 aromatic rings. The molecular formula is C10H17N3O3. The van der Waals surface area contributed by atoms with Crippen LogP contribution in [0, 0.1) is 0 Å². The summed E-state index contributed by atoms with van der Waals surface area (Å²) < 4.78 is 1.65. The molecule has 0 aliphatic rings. The van der Waals surface area contributed by atoms with E-state index >= 15 is 0 Å². The van der Waals surface area contributed by atoms with Crippen LogP contribution >= 0.6 is 0 Å². The molecule has 0 radical (unpaired) electrons. The summed E-state index contributed by atoms with van der Waals surface area (Å²) in [5, 5.41) is 22.0. The molecule has 0 fully saturated rings. The lowest BCUT2D eigenvalue weighted by molar-refractivity contribution is -0.119. The first kappa shape index (κ1) is 12.7. The van der Waals surface area contributed by atoms with Crippen LogP contribution in [-0.4, -0.2) is 38.3 Å². The van der Waals surface area contributed by atoms with Crippen molar-refractivity contribution in [1.82, 2.24) is 14.9 Å². The van der Waals surface area contributed by atoms with Gasteiger partial charge in [0.2, 0.25) is 5.91 Å². The van der Waals surface area contributed by atoms with Gasteiger partial charge in [0, 0.05) is 32.9 Å². The van der Waals surface area contributed by atoms with Gasteiger partial charge in [-0.15, -0.1) is 0 Å². The minimum Gasteiger partial charge on any atom is -0.390 e. The van der Waals surface area contributed by atoms with Crippen molar-refractivity contribution in [2.24, 2.45) is 7.05 Å². The Balaban J connectivity index is 2.45. The smallest absolute Gasteiger partial charge is 0.216 e. The third kappa shape index (κ3) is 3.32. The molecule has 16 heavy (non-hydrogen) atoms. The van der Waals surface area contributed by atoms with E-state index in [1.807, 2.05) is 0 Å². The van der Waals surface area contributed by atoms with Crippen LogP contribution in [0.25, 0.3) is 0 Å². The fourth-order valence-electron chi connectivity index (χ4n) is 1.39. The molecule has 1 heterocycles. The van der Waals surface area contributed by atoms with Crippen molar-refractivity contribution in [3.8, 4) is 0 Å². The van der Waals surface area contributed by atoms with E-state index in [0.29, 0.717) is 12.4 Å². The first-order valence-electron chi connectivity index (χ1n) is 5.10. The van der Waals surface area contributed by atoms with Crippen molar-refractivity contribution < 1.29 is 15.0 Å². The largest absolute Gasteiger partial charge is 0.390 e. The molecule has 6 heteroatoms. The van der Waals surface area contributed by atoms with Gasteiger partial charge in [-0.2, -0.15) is 0 Å². The van der Waals surface area contributed by atoms with Crippen LogP contribution in [0.15, 0.2) is 12.4 Å². The Morgan fingerprint density at radius 2 is 2.31 bits per heavy atom. The number of aliphatic hydroxyl groups is 2. The average molecular weight is 227 g/mol. The van der Waals surface area contributed by atoms with Gasteiger partial charge < -0.3 is 20.1 Å². The lowest BCUT2D eigenvalue weighted by atomic mass is 10.1. The molecule has 3 N–H and O–H groups in total. The van der Waals surface area contributed by atoms with Crippen LogP contribution in [0.3, 0.4) is 0 Å². The summed E-state index contributed by atoms with van der Waals surface area (Å²) in [6.45, 7) is 1.74. The van der Waals surface area contributed by atoms with Gasteiger partial charge in [-0.05, 0) is 6.42 Å². The number of hydrogen-bond donors (Lipinski definition) is 3. The maximum Gasteiger partial charge on any atom is 0.216 e. The first-order chi connectivity index (χ1) is 7.52. The van der Waals surface area contributed by atoms with Crippen molar-refractivity contribution in [2.75, 3.05) is 6.54 Å². The minimum absolute atomic E-state index is 0.154. The van der Waals surface area contributed by atoms with Crippen molar-refractivity contribution in [2.45, 2.75) is 25.6 Å². The molecule has 0 aliphatic carbocycles. The van der Waals surface area contributed by atoms with E-state index in [-0.39, 0.29) is 12.3 Å². The van der Waals surface area contributed by atoms with Gasteiger partial charge in [0.25, 0.3) is 0 Å². The average Bonchev–Trinajstić information content (AvgIpc) is 2.62. The zero-order valence-electron chi connectivity index (χ0n) is 9.42. The van der Waals surface area contributed by atoms with E-state index in [1.165, 1.54) is 6.92 Å². The molecule has 0 spiro atoms. The summed E-state index contributed by atoms with van der Waals surface area (Å²) in [6, 6.07) is 0. The lowest BCUT2D eigenvalue weighted by Crippen LogP contribution is -2.28. The Morgan fingerprint density at radius 1 is 1.62 bits per heavy atom. The van der Waals surface area contributed by atoms with Crippen molar-refractivity contribution in [3.63, 3.8) is 0 Å². The molecule has 2 atom stereocenters. The number of carbonyl (C=O) groups excluding carboxylic acids is 1. The molecule has 6 nitrogen and oxygen atoms in total. The monoisotopic (exact) mass is 227 g/mol. The van der Waals surface area contributed by atoms with Crippen molar-refractivity contribution >= 4 is 5.91 Å². The van der Waals surface area contributed by atoms with Crippen LogP contribution in [0.5, 0.6) is 0 Å². The van der Waals surface area contributed by atoms with Crippen molar-refractivity contribution in [3.05, 3.63) is 18.2 Å². The maximum atomic E-state index is 10.6. The SMILES string of the molecule is CC(=O)NCCC(O)C(O)c1nccn1C. The van der Waals surface area contributed by atoms with Crippen LogP contribution in [0.2, 0.25) is 0 Å². The summed E-state index contributed by atoms with van der Waals surface area (Å²) in [5.74, 6) is 0.258. The van der Waals surface area contributed by atoms with Crippen LogP contribution in [0.4, 0.5) is 0 Å². The van der Waals surface area contributed by atoms with Crippen molar-refractivity contribution in [1.29, 1.82) is 0 Å². The van der Waals surface area contributed by atoms with Crippen LogP contribution in [-0.2, 0) is 11.8 Å². The standard InChI is InChI=1S/C10H17N3O3/c1-7(14)11-4-3-8(15)9(16)10-12-5-6-13(10)2/h5-6,8-9,15-16H,3-4H2,1-2H3,(H,11,14). The fraction of sp³-hybridized carbons (Fsp3) is 0.600. The van der Waals surface area contributed by atoms with Gasteiger partial charge >= 0.3 is 0 Å². The number of imidazole rings is 1. The Labute approximate surface area is 93.9 Å². The van der Waals surface area contributed by atoms with E-state index in [9.17, 15) is 15.0 Å². The summed E-state index contributed by atoms with van der Waals surface area (Å²) in [4.78, 5) is 14.6. The normalized spacial score (nSPS) is 14.5. The Hall–Kier alpha value is -1.40. The number of amides is 1. The van der Waals surface area contributed by atoms with Gasteiger partial charge in [0.1, 0.15) is 11.9 Å². The first-order valence-corrected chi connectivity index (χ1v) is 5.10. The number of rotatable bonds is 5. The number of aliphatic hydroxyl groups excluding tert-OH is 2. The zero-order valence-corrected chi connectivity index (χ0v) is 9.42. The second kappa shape index (κ2) is 5.62. The highest BCUT2D eigenvalue weighted by Crippen LogP contribution is 2.15. The Kier molecular flexibility index (Phi) is 4.45. The summed E-state index contributed by atoms with van der Waals surface area (Å²) in [6.07, 6.45) is 1.56. The van der Waals surface area contributed by atoms with E-state index in [4.69, 9.17) is 0 Å².